The smallest absolute Gasteiger partial charge is 0.00212 e. The third kappa shape index (κ3) is 5.33. The second kappa shape index (κ2) is 7.46. The van der Waals surface area contributed by atoms with E-state index in [0.29, 0.717) is 11.8 Å². The predicted octanol–water partition coefficient (Wildman–Crippen LogP) is 2.39. The third-order valence-electron chi connectivity index (χ3n) is 3.42. The molecule has 2 heteroatoms. The number of likely N-dealkylation sites (N-methyl/N-ethyl adjacent to an activating group) is 1. The van der Waals surface area contributed by atoms with Crippen LogP contribution in [0.3, 0.4) is 0 Å². The molecule has 96 valence electrons. The topological polar surface area (TPSA) is 29.3 Å². The maximum Gasteiger partial charge on any atom is 0.00212 e. The van der Waals surface area contributed by atoms with Crippen LogP contribution < -0.4 is 5.73 Å². The van der Waals surface area contributed by atoms with Crippen LogP contribution >= 0.6 is 0 Å². The molecule has 1 unspecified atom stereocenters. The summed E-state index contributed by atoms with van der Waals surface area (Å²) in [6, 6.07) is 10.7. The highest BCUT2D eigenvalue weighted by Crippen LogP contribution is 2.10. The zero-order chi connectivity index (χ0) is 12.7. The summed E-state index contributed by atoms with van der Waals surface area (Å²) in [5.41, 5.74) is 7.21. The maximum absolute atomic E-state index is 5.80. The first-order chi connectivity index (χ1) is 8.13. The molecule has 0 saturated carbocycles. The van der Waals surface area contributed by atoms with Gasteiger partial charge in [-0.25, -0.2) is 0 Å². The van der Waals surface area contributed by atoms with Crippen LogP contribution in [0.25, 0.3) is 0 Å². The Labute approximate surface area is 106 Å². The van der Waals surface area contributed by atoms with Crippen LogP contribution in [-0.2, 0) is 6.42 Å². The monoisotopic (exact) mass is 234 g/mol. The van der Waals surface area contributed by atoms with Crippen molar-refractivity contribution in [1.29, 1.82) is 0 Å². The predicted molar refractivity (Wildman–Crippen MR) is 75.0 cm³/mol. The van der Waals surface area contributed by atoms with E-state index in [2.05, 4.69) is 56.1 Å². The van der Waals surface area contributed by atoms with Crippen LogP contribution in [0.5, 0.6) is 0 Å². The summed E-state index contributed by atoms with van der Waals surface area (Å²) in [5, 5.41) is 0. The lowest BCUT2D eigenvalue weighted by Gasteiger charge is -2.25. The molecule has 17 heavy (non-hydrogen) atoms. The van der Waals surface area contributed by atoms with Crippen molar-refractivity contribution in [3.05, 3.63) is 35.9 Å². The largest absolute Gasteiger partial charge is 0.330 e. The number of rotatable bonds is 7. The second-order valence-corrected chi connectivity index (χ2v) is 5.24. The number of benzene rings is 1. The molecule has 0 aromatic heterocycles. The second-order valence-electron chi connectivity index (χ2n) is 5.24. The van der Waals surface area contributed by atoms with Crippen LogP contribution in [0, 0.1) is 11.8 Å². The van der Waals surface area contributed by atoms with E-state index in [-0.39, 0.29) is 0 Å². The number of nitrogens with two attached hydrogens (primary N) is 1. The first-order valence-corrected chi connectivity index (χ1v) is 6.56. The highest BCUT2D eigenvalue weighted by Gasteiger charge is 2.13. The molecule has 0 amide bonds. The van der Waals surface area contributed by atoms with Crippen molar-refractivity contribution in [3.8, 4) is 0 Å². The molecule has 2 N–H and O–H groups in total. The molecule has 0 aliphatic carbocycles. The van der Waals surface area contributed by atoms with E-state index in [1.54, 1.807) is 0 Å². The van der Waals surface area contributed by atoms with E-state index in [4.69, 9.17) is 5.73 Å². The summed E-state index contributed by atoms with van der Waals surface area (Å²) >= 11 is 0. The number of nitrogens with zero attached hydrogens (tertiary/aromatic N) is 1. The molecule has 1 aromatic carbocycles. The van der Waals surface area contributed by atoms with Gasteiger partial charge in [-0.15, -0.1) is 0 Å². The lowest BCUT2D eigenvalue weighted by atomic mass is 9.95. The molecular formula is C15H26N2. The summed E-state index contributed by atoms with van der Waals surface area (Å²) in [6.45, 7) is 7.49. The third-order valence-corrected chi connectivity index (χ3v) is 3.42. The molecule has 2 nitrogen and oxygen atoms in total. The van der Waals surface area contributed by atoms with E-state index >= 15 is 0 Å². The molecule has 0 saturated heterocycles. The lowest BCUT2D eigenvalue weighted by Crippen LogP contribution is -2.34. The van der Waals surface area contributed by atoms with Crippen molar-refractivity contribution >= 4 is 0 Å². The lowest BCUT2D eigenvalue weighted by molar-refractivity contribution is 0.242. The van der Waals surface area contributed by atoms with Crippen molar-refractivity contribution in [2.24, 2.45) is 17.6 Å². The van der Waals surface area contributed by atoms with E-state index in [0.717, 1.165) is 26.1 Å². The molecule has 0 bridgehead atoms. The van der Waals surface area contributed by atoms with Gasteiger partial charge in [0.15, 0.2) is 0 Å². The van der Waals surface area contributed by atoms with Gasteiger partial charge in [-0.3, -0.25) is 0 Å². The van der Waals surface area contributed by atoms with Crippen molar-refractivity contribution < 1.29 is 0 Å². The minimum absolute atomic E-state index is 0.607. The van der Waals surface area contributed by atoms with Crippen LogP contribution in [0.15, 0.2) is 30.3 Å². The average Bonchev–Trinajstić information content (AvgIpc) is 2.34. The van der Waals surface area contributed by atoms with Crippen molar-refractivity contribution in [1.82, 2.24) is 4.90 Å². The standard InChI is InChI=1S/C15H26N2/c1-13(2)15(11-16)12-17(3)10-9-14-7-5-4-6-8-14/h4-8,13,15H,9-12,16H2,1-3H3. The highest BCUT2D eigenvalue weighted by atomic mass is 15.1. The van der Waals surface area contributed by atoms with Crippen LogP contribution in [0.4, 0.5) is 0 Å². The van der Waals surface area contributed by atoms with E-state index in [1.165, 1.54) is 5.56 Å². The first kappa shape index (κ1) is 14.2. The van der Waals surface area contributed by atoms with Gasteiger partial charge in [0.05, 0.1) is 0 Å². The summed E-state index contributed by atoms with van der Waals surface area (Å²) in [6.07, 6.45) is 1.12. The van der Waals surface area contributed by atoms with Gasteiger partial charge < -0.3 is 10.6 Å². The molecule has 1 rings (SSSR count). The minimum atomic E-state index is 0.607. The highest BCUT2D eigenvalue weighted by molar-refractivity contribution is 5.14. The summed E-state index contributed by atoms with van der Waals surface area (Å²) in [4.78, 5) is 2.39. The fourth-order valence-corrected chi connectivity index (χ4v) is 2.01. The Hall–Kier alpha value is -0.860. The van der Waals surface area contributed by atoms with Gasteiger partial charge in [0.25, 0.3) is 0 Å². The van der Waals surface area contributed by atoms with E-state index < -0.39 is 0 Å². The van der Waals surface area contributed by atoms with Gasteiger partial charge in [-0.05, 0) is 37.4 Å². The van der Waals surface area contributed by atoms with Gasteiger partial charge in [0, 0.05) is 13.1 Å². The fourth-order valence-electron chi connectivity index (χ4n) is 2.01. The molecule has 0 heterocycles. The molecule has 0 aliphatic heterocycles. The molecule has 0 aliphatic rings. The Morgan fingerprint density at radius 1 is 1.18 bits per heavy atom. The van der Waals surface area contributed by atoms with E-state index in [9.17, 15) is 0 Å². The summed E-state index contributed by atoms with van der Waals surface area (Å²) in [7, 11) is 2.19. The SMILES string of the molecule is CC(C)C(CN)CN(C)CCc1ccccc1. The molecular weight excluding hydrogens is 208 g/mol. The quantitative estimate of drug-likeness (QED) is 0.785. The molecule has 0 fully saturated rings. The van der Waals surface area contributed by atoms with Crippen LogP contribution in [0.2, 0.25) is 0 Å². The number of hydrogen-bond donors (Lipinski definition) is 1. The van der Waals surface area contributed by atoms with E-state index in [1.807, 2.05) is 0 Å². The summed E-state index contributed by atoms with van der Waals surface area (Å²) in [5.74, 6) is 1.27. The van der Waals surface area contributed by atoms with Gasteiger partial charge in [0.1, 0.15) is 0 Å². The zero-order valence-corrected chi connectivity index (χ0v) is 11.4. The maximum atomic E-state index is 5.80. The average molecular weight is 234 g/mol. The Morgan fingerprint density at radius 2 is 1.82 bits per heavy atom. The van der Waals surface area contributed by atoms with Crippen molar-refractivity contribution in [3.63, 3.8) is 0 Å². The Balaban J connectivity index is 2.32. The minimum Gasteiger partial charge on any atom is -0.330 e. The van der Waals surface area contributed by atoms with Crippen LogP contribution in [-0.4, -0.2) is 31.6 Å². The Bertz CT molecular complexity index is 295. The Morgan fingerprint density at radius 3 is 2.35 bits per heavy atom. The molecule has 0 radical (unpaired) electrons. The van der Waals surface area contributed by atoms with Gasteiger partial charge in [-0.2, -0.15) is 0 Å². The fraction of sp³-hybridized carbons (Fsp3) is 0.600. The Kier molecular flexibility index (Phi) is 6.23. The number of hydrogen-bond acceptors (Lipinski definition) is 2. The zero-order valence-electron chi connectivity index (χ0n) is 11.4. The first-order valence-electron chi connectivity index (χ1n) is 6.56. The molecule has 1 aromatic rings. The van der Waals surface area contributed by atoms with Gasteiger partial charge in [-0.1, -0.05) is 44.2 Å². The molecule has 1 atom stereocenters. The van der Waals surface area contributed by atoms with Gasteiger partial charge >= 0.3 is 0 Å². The van der Waals surface area contributed by atoms with Crippen molar-refractivity contribution in [2.75, 3.05) is 26.7 Å². The normalized spacial score (nSPS) is 13.3. The summed E-state index contributed by atoms with van der Waals surface area (Å²) < 4.78 is 0. The van der Waals surface area contributed by atoms with Crippen LogP contribution in [0.1, 0.15) is 19.4 Å². The molecule has 0 spiro atoms. The van der Waals surface area contributed by atoms with Gasteiger partial charge in [0.2, 0.25) is 0 Å². The van der Waals surface area contributed by atoms with Crippen molar-refractivity contribution in [2.45, 2.75) is 20.3 Å².